The van der Waals surface area contributed by atoms with Crippen molar-refractivity contribution in [2.45, 2.75) is 38.2 Å². The first kappa shape index (κ1) is 17.0. The van der Waals surface area contributed by atoms with E-state index in [4.69, 9.17) is 4.74 Å². The van der Waals surface area contributed by atoms with Crippen LogP contribution in [0.2, 0.25) is 0 Å². The summed E-state index contributed by atoms with van der Waals surface area (Å²) in [7, 11) is 0. The second-order valence-corrected chi connectivity index (χ2v) is 8.37. The van der Waals surface area contributed by atoms with Crippen LogP contribution in [-0.2, 0) is 16.0 Å². The lowest BCUT2D eigenvalue weighted by atomic mass is 9.76. The molecule has 5 heteroatoms. The average Bonchev–Trinajstić information content (AvgIpc) is 3.17. The number of hydrogen-bond acceptors (Lipinski definition) is 4. The molecule has 2 N–H and O–H groups in total. The van der Waals surface area contributed by atoms with Crippen LogP contribution in [0.1, 0.15) is 31.2 Å². The van der Waals surface area contributed by atoms with Gasteiger partial charge in [-0.15, -0.1) is 11.3 Å². The van der Waals surface area contributed by atoms with E-state index in [1.54, 1.807) is 11.3 Å². The van der Waals surface area contributed by atoms with Gasteiger partial charge in [-0.1, -0.05) is 18.2 Å². The van der Waals surface area contributed by atoms with Gasteiger partial charge in [0, 0.05) is 35.8 Å². The summed E-state index contributed by atoms with van der Waals surface area (Å²) in [6.07, 6.45) is 4.01. The Bertz CT molecular complexity index is 750. The van der Waals surface area contributed by atoms with E-state index >= 15 is 0 Å². The summed E-state index contributed by atoms with van der Waals surface area (Å²) in [5, 5.41) is 17.1. The zero-order valence-electron chi connectivity index (χ0n) is 14.4. The zero-order chi connectivity index (χ0) is 17.3. The second-order valence-electron chi connectivity index (χ2n) is 7.46. The lowest BCUT2D eigenvalue weighted by Crippen LogP contribution is -2.42. The molecule has 1 aromatic carbocycles. The smallest absolute Gasteiger partial charge is 0.224 e. The van der Waals surface area contributed by atoms with E-state index < -0.39 is 0 Å². The SMILES string of the molecule is O=C(Cc1csc2ccccc12)NCC1CCC2(CCOCC2)C1O. The number of hydrogen-bond donors (Lipinski definition) is 2. The Morgan fingerprint density at radius 2 is 2.08 bits per heavy atom. The topological polar surface area (TPSA) is 58.6 Å². The van der Waals surface area contributed by atoms with Gasteiger partial charge in [-0.05, 0) is 48.1 Å². The van der Waals surface area contributed by atoms with Crippen molar-refractivity contribution in [1.82, 2.24) is 5.32 Å². The van der Waals surface area contributed by atoms with E-state index in [0.29, 0.717) is 13.0 Å². The fourth-order valence-corrected chi connectivity index (χ4v) is 5.43. The van der Waals surface area contributed by atoms with Crippen molar-refractivity contribution < 1.29 is 14.6 Å². The van der Waals surface area contributed by atoms with Crippen LogP contribution in [0.15, 0.2) is 29.6 Å². The Hall–Kier alpha value is -1.43. The van der Waals surface area contributed by atoms with Crippen LogP contribution in [0.25, 0.3) is 10.1 Å². The predicted molar refractivity (Wildman–Crippen MR) is 99.8 cm³/mol. The first-order chi connectivity index (χ1) is 12.2. The van der Waals surface area contributed by atoms with Gasteiger partial charge >= 0.3 is 0 Å². The number of nitrogens with one attached hydrogen (secondary N) is 1. The van der Waals surface area contributed by atoms with E-state index in [2.05, 4.69) is 22.8 Å². The Morgan fingerprint density at radius 1 is 1.28 bits per heavy atom. The highest BCUT2D eigenvalue weighted by molar-refractivity contribution is 7.17. The molecular weight excluding hydrogens is 334 g/mol. The minimum absolute atomic E-state index is 0.0250. The molecule has 2 unspecified atom stereocenters. The third kappa shape index (κ3) is 3.33. The van der Waals surface area contributed by atoms with E-state index in [9.17, 15) is 9.90 Å². The summed E-state index contributed by atoms with van der Waals surface area (Å²) in [4.78, 5) is 12.4. The van der Waals surface area contributed by atoms with Crippen LogP contribution in [0.4, 0.5) is 0 Å². The molecule has 2 atom stereocenters. The third-order valence-electron chi connectivity index (χ3n) is 6.05. The highest BCUT2D eigenvalue weighted by atomic mass is 32.1. The largest absolute Gasteiger partial charge is 0.392 e. The van der Waals surface area contributed by atoms with E-state index in [1.165, 1.54) is 10.1 Å². The summed E-state index contributed by atoms with van der Waals surface area (Å²) in [6.45, 7) is 2.08. The summed E-state index contributed by atoms with van der Waals surface area (Å²) < 4.78 is 6.67. The number of carbonyl (C=O) groups excluding carboxylic acids is 1. The van der Waals surface area contributed by atoms with Crippen LogP contribution in [0, 0.1) is 11.3 Å². The maximum atomic E-state index is 12.4. The van der Waals surface area contributed by atoms with Gasteiger partial charge in [0.2, 0.25) is 5.91 Å². The molecule has 0 bridgehead atoms. The molecule has 1 saturated carbocycles. The summed E-state index contributed by atoms with van der Waals surface area (Å²) >= 11 is 1.68. The monoisotopic (exact) mass is 359 g/mol. The lowest BCUT2D eigenvalue weighted by Gasteiger charge is -2.37. The van der Waals surface area contributed by atoms with Gasteiger partial charge < -0.3 is 15.2 Å². The summed E-state index contributed by atoms with van der Waals surface area (Å²) in [6, 6.07) is 8.20. The quantitative estimate of drug-likeness (QED) is 0.882. The Kier molecular flexibility index (Phi) is 4.80. The van der Waals surface area contributed by atoms with Crippen molar-refractivity contribution in [3.05, 3.63) is 35.2 Å². The van der Waals surface area contributed by atoms with Gasteiger partial charge in [-0.2, -0.15) is 0 Å². The standard InChI is InChI=1S/C20H25NO3S/c22-18(11-15-13-25-17-4-2-1-3-16(15)17)21-12-14-5-6-20(19(14)23)7-9-24-10-8-20/h1-4,13-14,19,23H,5-12H2,(H,21,22). The number of benzene rings is 1. The van der Waals surface area contributed by atoms with Crippen LogP contribution in [-0.4, -0.2) is 36.9 Å². The second kappa shape index (κ2) is 7.06. The molecule has 2 aliphatic rings. The molecule has 4 rings (SSSR count). The molecule has 134 valence electrons. The van der Waals surface area contributed by atoms with Gasteiger partial charge in [0.05, 0.1) is 12.5 Å². The average molecular weight is 359 g/mol. The predicted octanol–water partition coefficient (Wildman–Crippen LogP) is 3.13. The number of carbonyl (C=O) groups is 1. The number of amides is 1. The maximum Gasteiger partial charge on any atom is 0.224 e. The minimum atomic E-state index is -0.321. The molecule has 1 saturated heterocycles. The minimum Gasteiger partial charge on any atom is -0.392 e. The highest BCUT2D eigenvalue weighted by Crippen LogP contribution is 2.48. The van der Waals surface area contributed by atoms with Crippen molar-refractivity contribution in [3.63, 3.8) is 0 Å². The number of aliphatic hydroxyl groups excluding tert-OH is 1. The molecule has 1 amide bonds. The zero-order valence-corrected chi connectivity index (χ0v) is 15.2. The third-order valence-corrected chi connectivity index (χ3v) is 7.06. The highest BCUT2D eigenvalue weighted by Gasteiger charge is 2.48. The Balaban J connectivity index is 1.33. The summed E-state index contributed by atoms with van der Waals surface area (Å²) in [5.41, 5.74) is 1.11. The molecule has 25 heavy (non-hydrogen) atoms. The van der Waals surface area contributed by atoms with Crippen LogP contribution in [0.5, 0.6) is 0 Å². The van der Waals surface area contributed by atoms with Gasteiger partial charge in [0.25, 0.3) is 0 Å². The van der Waals surface area contributed by atoms with E-state index in [-0.39, 0.29) is 23.3 Å². The van der Waals surface area contributed by atoms with E-state index in [1.807, 2.05) is 12.1 Å². The van der Waals surface area contributed by atoms with Crippen molar-refractivity contribution in [3.8, 4) is 0 Å². The first-order valence-electron chi connectivity index (χ1n) is 9.16. The Labute approximate surface area is 152 Å². The number of ether oxygens (including phenoxy) is 1. The fraction of sp³-hybridized carbons (Fsp3) is 0.550. The van der Waals surface area contributed by atoms with Gasteiger partial charge in [-0.25, -0.2) is 0 Å². The van der Waals surface area contributed by atoms with E-state index in [0.717, 1.165) is 44.5 Å². The first-order valence-corrected chi connectivity index (χ1v) is 10.0. The van der Waals surface area contributed by atoms with Crippen LogP contribution < -0.4 is 5.32 Å². The normalized spacial score (nSPS) is 25.5. The fourth-order valence-electron chi connectivity index (χ4n) is 4.47. The molecule has 1 aromatic heterocycles. The van der Waals surface area contributed by atoms with Crippen molar-refractivity contribution in [2.24, 2.45) is 11.3 Å². The molecule has 2 fully saturated rings. The van der Waals surface area contributed by atoms with Crippen molar-refractivity contribution in [1.29, 1.82) is 0 Å². The molecule has 0 radical (unpaired) electrons. The number of thiophene rings is 1. The number of aliphatic hydroxyl groups is 1. The molecule has 1 aliphatic heterocycles. The maximum absolute atomic E-state index is 12.4. The summed E-state index contributed by atoms with van der Waals surface area (Å²) in [5.74, 6) is 0.213. The number of fused-ring (bicyclic) bond motifs is 1. The lowest BCUT2D eigenvalue weighted by molar-refractivity contribution is -0.121. The van der Waals surface area contributed by atoms with Gasteiger partial charge in [0.15, 0.2) is 0 Å². The molecule has 2 aromatic rings. The van der Waals surface area contributed by atoms with Crippen molar-refractivity contribution >= 4 is 27.3 Å². The molecule has 1 spiro atoms. The molecule has 4 nitrogen and oxygen atoms in total. The molecular formula is C20H25NO3S. The number of rotatable bonds is 4. The Morgan fingerprint density at radius 3 is 2.92 bits per heavy atom. The van der Waals surface area contributed by atoms with Crippen molar-refractivity contribution in [2.75, 3.05) is 19.8 Å². The van der Waals surface area contributed by atoms with Gasteiger partial charge in [-0.3, -0.25) is 4.79 Å². The van der Waals surface area contributed by atoms with Gasteiger partial charge in [0.1, 0.15) is 0 Å². The molecule has 1 aliphatic carbocycles. The van der Waals surface area contributed by atoms with Crippen LogP contribution >= 0.6 is 11.3 Å². The van der Waals surface area contributed by atoms with Crippen LogP contribution in [0.3, 0.4) is 0 Å². The molecule has 2 heterocycles.